The summed E-state index contributed by atoms with van der Waals surface area (Å²) in [6, 6.07) is 20.0. The Morgan fingerprint density at radius 1 is 0.583 bits per heavy atom. The Labute approximate surface area is 96.4 Å². The van der Waals surface area contributed by atoms with Crippen LogP contribution in [0.3, 0.4) is 0 Å². The molecule has 0 nitrogen and oxygen atoms in total. The first-order chi connectivity index (χ1) is 5.00. The monoisotopic (exact) mass is 193 g/mol. The quantitative estimate of drug-likeness (QED) is 0.402. The average Bonchev–Trinajstić information content (AvgIpc) is 2.67. The molecule has 0 saturated carbocycles. The van der Waals surface area contributed by atoms with Gasteiger partial charge in [-0.3, -0.25) is 0 Å². The maximum atomic E-state index is 2.00. The molecule has 60 valence electrons. The van der Waals surface area contributed by atoms with Crippen LogP contribution in [0.2, 0.25) is 0 Å². The van der Waals surface area contributed by atoms with Crippen molar-refractivity contribution in [3.8, 4) is 0 Å². The number of hydrogen-bond donors (Lipinski definition) is 0. The molecule has 2 aromatic carbocycles. The Kier molecular flexibility index (Phi) is 12.9. The van der Waals surface area contributed by atoms with Gasteiger partial charge < -0.3 is 0 Å². The summed E-state index contributed by atoms with van der Waals surface area (Å²) in [5, 5.41) is 0. The summed E-state index contributed by atoms with van der Waals surface area (Å²) in [7, 11) is 0. The fraction of sp³-hybridized carbons (Fsp3) is 0. The van der Waals surface area contributed by atoms with E-state index in [1.54, 1.807) is 0 Å². The number of rotatable bonds is 0. The van der Waals surface area contributed by atoms with E-state index in [4.69, 9.17) is 0 Å². The molecule has 0 amide bonds. The van der Waals surface area contributed by atoms with E-state index >= 15 is 0 Å². The van der Waals surface area contributed by atoms with E-state index in [9.17, 15) is 0 Å². The second kappa shape index (κ2) is 10.8. The predicted octanol–water partition coefficient (Wildman–Crippen LogP) is -0.187. The van der Waals surface area contributed by atoms with Gasteiger partial charge in [0.25, 0.3) is 0 Å². The summed E-state index contributed by atoms with van der Waals surface area (Å²) in [6.45, 7) is 0. The smallest absolute Gasteiger partial charge is 0.214 e. The van der Waals surface area contributed by atoms with Crippen LogP contribution < -0.4 is 18.9 Å². The molecule has 0 aliphatic heterocycles. The molecule has 0 aromatic heterocycles. The molecule has 12 heavy (non-hydrogen) atoms. The Morgan fingerprint density at radius 2 is 0.833 bits per heavy atom. The normalized spacial score (nSPS) is 6.67. The zero-order valence-electron chi connectivity index (χ0n) is 7.13. The first-order valence-corrected chi connectivity index (χ1v) is 3.33. The van der Waals surface area contributed by atoms with Crippen molar-refractivity contribution >= 4 is 0 Å². The molecule has 2 rings (SSSR count). The van der Waals surface area contributed by atoms with E-state index in [1.165, 1.54) is 0 Å². The summed E-state index contributed by atoms with van der Waals surface area (Å²) in [4.78, 5) is 0. The van der Waals surface area contributed by atoms with Gasteiger partial charge in [-0.15, -0.1) is 0 Å². The molecule has 0 fully saturated rings. The van der Waals surface area contributed by atoms with Crippen LogP contribution >= 0.6 is 0 Å². The third kappa shape index (κ3) is 7.92. The molecule has 0 spiro atoms. The van der Waals surface area contributed by atoms with Gasteiger partial charge >= 0.3 is 18.9 Å². The molecule has 0 unspecified atom stereocenters. The van der Waals surface area contributed by atoms with Gasteiger partial charge in [-0.2, -0.15) is 36.4 Å². The minimum absolute atomic E-state index is 0. The molecule has 0 N–H and O–H groups in total. The van der Waals surface area contributed by atoms with Gasteiger partial charge in [0.1, 0.15) is 0 Å². The topological polar surface area (TPSA) is 0 Å². The van der Waals surface area contributed by atoms with Crippen LogP contribution in [0.5, 0.6) is 0 Å². The minimum Gasteiger partial charge on any atom is -0.214 e. The van der Waals surface area contributed by atoms with Gasteiger partial charge in [-0.25, -0.2) is 24.3 Å². The predicted molar refractivity (Wildman–Crippen MR) is 44.1 cm³/mol. The maximum Gasteiger partial charge on any atom is 1.00 e. The molecule has 0 saturated heterocycles. The van der Waals surface area contributed by atoms with Crippen molar-refractivity contribution in [3.05, 3.63) is 60.7 Å². The molecule has 0 atom stereocenters. The van der Waals surface area contributed by atoms with Crippen molar-refractivity contribution in [1.29, 1.82) is 0 Å². The molecule has 0 aliphatic carbocycles. The Balaban J connectivity index is 0. The van der Waals surface area contributed by atoms with E-state index < -0.39 is 0 Å². The average molecular weight is 193 g/mol. The largest absolute Gasteiger partial charge is 1.00 e. The van der Waals surface area contributed by atoms with Crippen molar-refractivity contribution in [2.45, 2.75) is 0 Å². The molecule has 2 aromatic rings. The first kappa shape index (κ1) is 14.3. The summed E-state index contributed by atoms with van der Waals surface area (Å²) in [5.41, 5.74) is 0. The van der Waals surface area contributed by atoms with Crippen molar-refractivity contribution in [3.63, 3.8) is 0 Å². The van der Waals surface area contributed by atoms with Crippen molar-refractivity contribution in [2.24, 2.45) is 0 Å². The Bertz CT molecular complexity index is 149. The molecule has 2 heteroatoms. The van der Waals surface area contributed by atoms with E-state index in [0.717, 1.165) is 0 Å². The van der Waals surface area contributed by atoms with E-state index in [0.29, 0.717) is 0 Å². The van der Waals surface area contributed by atoms with Crippen LogP contribution in [0.15, 0.2) is 60.7 Å². The van der Waals surface area contributed by atoms with Gasteiger partial charge in [-0.1, -0.05) is 0 Å². The van der Waals surface area contributed by atoms with Crippen molar-refractivity contribution in [1.82, 2.24) is 0 Å². The van der Waals surface area contributed by atoms with Gasteiger partial charge in [-0.05, 0) is 0 Å². The molecule has 0 bridgehead atoms. The van der Waals surface area contributed by atoms with Gasteiger partial charge in [0.2, 0.25) is 0 Å². The maximum absolute atomic E-state index is 2.00. The first-order valence-electron chi connectivity index (χ1n) is 3.33. The van der Waals surface area contributed by atoms with Crippen molar-refractivity contribution in [2.75, 3.05) is 0 Å². The minimum atomic E-state index is 0. The zero-order valence-corrected chi connectivity index (χ0v) is 8.23. The second-order valence-electron chi connectivity index (χ2n) is 1.92. The van der Waals surface area contributed by atoms with Crippen molar-refractivity contribution < 1.29 is 35.9 Å². The summed E-state index contributed by atoms with van der Waals surface area (Å²) >= 11 is 0. The van der Waals surface area contributed by atoms with E-state index in [2.05, 4.69) is 0 Å². The molecular formula is C10H10FeLi-. The van der Waals surface area contributed by atoms with Crippen LogP contribution in [0, 0.1) is 0 Å². The van der Waals surface area contributed by atoms with Gasteiger partial charge in [0.05, 0.1) is 0 Å². The molecule has 0 aliphatic rings. The van der Waals surface area contributed by atoms with Crippen LogP contribution in [0.4, 0.5) is 0 Å². The summed E-state index contributed by atoms with van der Waals surface area (Å²) in [6.07, 6.45) is 0. The van der Waals surface area contributed by atoms with Crippen LogP contribution in [0.25, 0.3) is 0 Å². The Hall–Kier alpha value is -0.183. The van der Waals surface area contributed by atoms with Gasteiger partial charge in [0, 0.05) is 17.1 Å². The molecule has 0 heterocycles. The van der Waals surface area contributed by atoms with E-state index in [-0.39, 0.29) is 35.9 Å². The third-order valence-corrected chi connectivity index (χ3v) is 1.11. The fourth-order valence-corrected chi connectivity index (χ4v) is 0.642. The van der Waals surface area contributed by atoms with Crippen LogP contribution in [-0.4, -0.2) is 0 Å². The second-order valence-corrected chi connectivity index (χ2v) is 1.92. The number of hydrogen-bond acceptors (Lipinski definition) is 0. The molecular weight excluding hydrogens is 183 g/mol. The standard InChI is InChI=1S/2C5H5.Fe.Li/c2*1-2-4-5-3-1;;/h2*1-5H;;/q2*-1;;+1. The van der Waals surface area contributed by atoms with Crippen LogP contribution in [0.1, 0.15) is 0 Å². The summed E-state index contributed by atoms with van der Waals surface area (Å²) < 4.78 is 0. The SMILES string of the molecule is [Fe].[Li+].c1cc[cH-]c1.c1cc[cH-]c1. The fourth-order valence-electron chi connectivity index (χ4n) is 0.642. The third-order valence-electron chi connectivity index (χ3n) is 1.11. The Morgan fingerprint density at radius 3 is 0.917 bits per heavy atom. The van der Waals surface area contributed by atoms with Crippen LogP contribution in [-0.2, 0) is 17.1 Å². The van der Waals surface area contributed by atoms with E-state index in [1.807, 2.05) is 60.7 Å². The molecule has 0 radical (unpaired) electrons. The summed E-state index contributed by atoms with van der Waals surface area (Å²) in [5.74, 6) is 0. The van der Waals surface area contributed by atoms with Gasteiger partial charge in [0.15, 0.2) is 0 Å². The zero-order chi connectivity index (χ0) is 7.07.